The van der Waals surface area contributed by atoms with Crippen LogP contribution in [0.4, 0.5) is 0 Å². The Labute approximate surface area is 165 Å². The summed E-state index contributed by atoms with van der Waals surface area (Å²) in [6.45, 7) is 11.0. The Balaban J connectivity index is 2.34. The van der Waals surface area contributed by atoms with Gasteiger partial charge in [0.15, 0.2) is 0 Å². The molecule has 3 aromatic carbocycles. The molecule has 0 aliphatic rings. The predicted molar refractivity (Wildman–Crippen MR) is 122 cm³/mol. The van der Waals surface area contributed by atoms with Crippen LogP contribution < -0.4 is 15.6 Å². The van der Waals surface area contributed by atoms with Crippen LogP contribution in [0.15, 0.2) is 104 Å². The van der Waals surface area contributed by atoms with Crippen LogP contribution in [-0.4, -0.2) is 21.5 Å². The van der Waals surface area contributed by atoms with E-state index in [0.717, 1.165) is 0 Å². The Morgan fingerprint density at radius 3 is 1.44 bits per heavy atom. The quantitative estimate of drug-likeness (QED) is 0.439. The van der Waals surface area contributed by atoms with Crippen molar-refractivity contribution in [1.82, 2.24) is 0 Å². The highest BCUT2D eigenvalue weighted by Crippen LogP contribution is 2.23. The second-order valence-electron chi connectivity index (χ2n) is 7.46. The molecule has 0 spiro atoms. The molecule has 0 aliphatic heterocycles. The van der Waals surface area contributed by atoms with Gasteiger partial charge in [0.05, 0.1) is 6.10 Å². The summed E-state index contributed by atoms with van der Waals surface area (Å²) in [5.41, 5.74) is 0. The van der Waals surface area contributed by atoms with Gasteiger partial charge < -0.3 is 4.43 Å². The topological polar surface area (TPSA) is 9.23 Å². The van der Waals surface area contributed by atoms with Gasteiger partial charge in [-0.1, -0.05) is 115 Å². The lowest BCUT2D eigenvalue weighted by Gasteiger charge is -2.45. The lowest BCUT2D eigenvalue weighted by atomic mass is 10.4. The monoisotopic (exact) mass is 388 g/mol. The fourth-order valence-corrected chi connectivity index (χ4v) is 18.1. The van der Waals surface area contributed by atoms with E-state index in [1.165, 1.54) is 15.6 Å². The first-order valence-electron chi connectivity index (χ1n) is 9.49. The molecule has 0 saturated carbocycles. The summed E-state index contributed by atoms with van der Waals surface area (Å²) in [6.07, 6.45) is 1.91. The molecule has 0 N–H and O–H groups in total. The van der Waals surface area contributed by atoms with Crippen molar-refractivity contribution >= 4 is 31.0 Å². The van der Waals surface area contributed by atoms with Crippen LogP contribution >= 0.6 is 0 Å². The molecule has 0 radical (unpaired) electrons. The minimum absolute atomic E-state index is 0.00688. The van der Waals surface area contributed by atoms with Gasteiger partial charge in [-0.3, -0.25) is 0 Å². The molecule has 1 atom stereocenters. The Hall–Kier alpha value is -2.21. The van der Waals surface area contributed by atoms with Crippen molar-refractivity contribution in [2.45, 2.75) is 26.1 Å². The average molecular weight is 389 g/mol. The van der Waals surface area contributed by atoms with E-state index < -0.39 is 15.4 Å². The van der Waals surface area contributed by atoms with Crippen LogP contribution in [0.5, 0.6) is 0 Å². The molecule has 0 aliphatic carbocycles. The molecular weight excluding hydrogens is 360 g/mol. The van der Waals surface area contributed by atoms with E-state index in [1.807, 2.05) is 6.08 Å². The van der Waals surface area contributed by atoms with Crippen molar-refractivity contribution in [2.24, 2.45) is 0 Å². The molecule has 1 nitrogen and oxygen atoms in total. The van der Waals surface area contributed by atoms with Crippen molar-refractivity contribution in [3.63, 3.8) is 0 Å². The molecule has 0 heterocycles. The number of hydrogen-bond donors (Lipinski definition) is 0. The van der Waals surface area contributed by atoms with Gasteiger partial charge >= 0.3 is 0 Å². The van der Waals surface area contributed by atoms with Crippen molar-refractivity contribution in [3.8, 4) is 0 Å². The Kier molecular flexibility index (Phi) is 5.95. The Bertz CT molecular complexity index is 821. The second-order valence-corrected chi connectivity index (χ2v) is 19.9. The largest absolute Gasteiger partial charge is 0.404 e. The van der Waals surface area contributed by atoms with E-state index in [2.05, 4.69) is 118 Å². The van der Waals surface area contributed by atoms with Crippen molar-refractivity contribution in [2.75, 3.05) is 0 Å². The summed E-state index contributed by atoms with van der Waals surface area (Å²) >= 11 is 0. The summed E-state index contributed by atoms with van der Waals surface area (Å²) in [5, 5.41) is 4.11. The summed E-state index contributed by atoms with van der Waals surface area (Å²) in [4.78, 5) is 0. The molecule has 138 valence electrons. The van der Waals surface area contributed by atoms with E-state index in [0.29, 0.717) is 0 Å². The zero-order valence-electron chi connectivity index (χ0n) is 16.4. The van der Waals surface area contributed by atoms with Gasteiger partial charge in [-0.05, 0) is 17.3 Å². The maximum absolute atomic E-state index is 7.06. The molecule has 3 rings (SSSR count). The molecule has 3 heteroatoms. The SMILES string of the molecule is C=CC(C)O[Si](c1ccccc1)(c1ccccc1)[Si](C)(C)c1ccccc1. The van der Waals surface area contributed by atoms with Crippen LogP contribution in [0.2, 0.25) is 13.1 Å². The summed E-state index contributed by atoms with van der Waals surface area (Å²) < 4.78 is 7.06. The maximum Gasteiger partial charge on any atom is 0.246 e. The van der Waals surface area contributed by atoms with Crippen LogP contribution in [0.3, 0.4) is 0 Å². The minimum Gasteiger partial charge on any atom is -0.404 e. The van der Waals surface area contributed by atoms with E-state index >= 15 is 0 Å². The Morgan fingerprint density at radius 1 is 0.704 bits per heavy atom. The standard InChI is InChI=1S/C24H28OSi2/c1-5-21(2)25-27(23-17-11-7-12-18-23,24-19-13-8-14-20-24)26(3,4)22-15-9-6-10-16-22/h5-21H,1H2,2-4H3. The molecule has 0 saturated heterocycles. The number of rotatable bonds is 7. The van der Waals surface area contributed by atoms with Crippen LogP contribution in [-0.2, 0) is 4.43 Å². The van der Waals surface area contributed by atoms with Gasteiger partial charge in [-0.25, -0.2) is 0 Å². The molecule has 1 unspecified atom stereocenters. The molecule has 0 aromatic heterocycles. The summed E-state index contributed by atoms with van der Waals surface area (Å²) in [6, 6.07) is 32.7. The summed E-state index contributed by atoms with van der Waals surface area (Å²) in [5.74, 6) is 0. The van der Waals surface area contributed by atoms with Crippen LogP contribution in [0.25, 0.3) is 0 Å². The zero-order valence-corrected chi connectivity index (χ0v) is 18.4. The zero-order chi connectivity index (χ0) is 19.3. The number of benzene rings is 3. The first-order valence-corrected chi connectivity index (χ1v) is 15.4. The van der Waals surface area contributed by atoms with Crippen LogP contribution in [0.1, 0.15) is 6.92 Å². The highest BCUT2D eigenvalue weighted by Gasteiger charge is 2.55. The lowest BCUT2D eigenvalue weighted by molar-refractivity contribution is 0.276. The first kappa shape index (κ1) is 19.6. The highest BCUT2D eigenvalue weighted by atomic mass is 29.3. The smallest absolute Gasteiger partial charge is 0.246 e. The molecule has 0 amide bonds. The van der Waals surface area contributed by atoms with Crippen molar-refractivity contribution in [1.29, 1.82) is 0 Å². The van der Waals surface area contributed by atoms with Crippen LogP contribution in [0, 0.1) is 0 Å². The van der Waals surface area contributed by atoms with Gasteiger partial charge in [0, 0.05) is 0 Å². The Morgan fingerprint density at radius 2 is 1.07 bits per heavy atom. The van der Waals surface area contributed by atoms with E-state index in [-0.39, 0.29) is 6.10 Å². The van der Waals surface area contributed by atoms with Gasteiger partial charge in [0.25, 0.3) is 0 Å². The fraction of sp³-hybridized carbons (Fsp3) is 0.167. The van der Waals surface area contributed by atoms with E-state index in [4.69, 9.17) is 4.43 Å². The van der Waals surface area contributed by atoms with Gasteiger partial charge in [0.2, 0.25) is 7.83 Å². The van der Waals surface area contributed by atoms with Gasteiger partial charge in [0.1, 0.15) is 7.59 Å². The third-order valence-electron chi connectivity index (χ3n) is 5.43. The number of hydrogen-bond acceptors (Lipinski definition) is 1. The van der Waals surface area contributed by atoms with E-state index in [1.54, 1.807) is 0 Å². The van der Waals surface area contributed by atoms with Gasteiger partial charge in [-0.15, -0.1) is 6.58 Å². The normalized spacial score (nSPS) is 13.1. The maximum atomic E-state index is 7.06. The lowest BCUT2D eigenvalue weighted by Crippen LogP contribution is -2.80. The summed E-state index contributed by atoms with van der Waals surface area (Å²) in [7, 11) is -4.58. The molecule has 0 bridgehead atoms. The fourth-order valence-electron chi connectivity index (χ4n) is 3.90. The average Bonchev–Trinajstić information content (AvgIpc) is 2.73. The third kappa shape index (κ3) is 3.63. The van der Waals surface area contributed by atoms with Crippen molar-refractivity contribution in [3.05, 3.63) is 104 Å². The first-order chi connectivity index (χ1) is 13.0. The molecular formula is C24H28OSi2. The van der Waals surface area contributed by atoms with Crippen molar-refractivity contribution < 1.29 is 4.43 Å². The molecule has 3 aromatic rings. The predicted octanol–water partition coefficient (Wildman–Crippen LogP) is 4.03. The molecule has 0 fully saturated rings. The third-order valence-corrected chi connectivity index (χ3v) is 20.2. The highest BCUT2D eigenvalue weighted by molar-refractivity contribution is 7.52. The van der Waals surface area contributed by atoms with Gasteiger partial charge in [-0.2, -0.15) is 0 Å². The second kappa shape index (κ2) is 8.21. The minimum atomic E-state index is -2.53. The van der Waals surface area contributed by atoms with E-state index in [9.17, 15) is 0 Å². The molecule has 27 heavy (non-hydrogen) atoms.